The summed E-state index contributed by atoms with van der Waals surface area (Å²) in [4.78, 5) is 0. The molecule has 0 fully saturated rings. The zero-order valence-corrected chi connectivity index (χ0v) is 12.1. The predicted molar refractivity (Wildman–Crippen MR) is 79.5 cm³/mol. The molecule has 1 atom stereocenters. The van der Waals surface area contributed by atoms with Crippen molar-refractivity contribution >= 4 is 0 Å². The van der Waals surface area contributed by atoms with Gasteiger partial charge in [0.2, 0.25) is 0 Å². The van der Waals surface area contributed by atoms with E-state index in [4.69, 9.17) is 10.5 Å². The van der Waals surface area contributed by atoms with Crippen molar-refractivity contribution in [2.45, 2.75) is 26.8 Å². The molecule has 1 unspecified atom stereocenters. The Hall–Kier alpha value is -1.87. The third-order valence-electron chi connectivity index (χ3n) is 3.37. The highest BCUT2D eigenvalue weighted by molar-refractivity contribution is 5.43. The fraction of sp³-hybridized carbons (Fsp3) is 0.294. The molecule has 0 saturated heterocycles. The molecule has 0 spiro atoms. The Bertz CT molecular complexity index is 587. The lowest BCUT2D eigenvalue weighted by Crippen LogP contribution is -2.14. The number of hydrogen-bond acceptors (Lipinski definition) is 2. The Morgan fingerprint density at radius 1 is 1.15 bits per heavy atom. The normalized spacial score (nSPS) is 12.2. The van der Waals surface area contributed by atoms with Crippen molar-refractivity contribution < 1.29 is 9.13 Å². The average Bonchev–Trinajstić information content (AvgIpc) is 2.44. The highest BCUT2D eigenvalue weighted by Gasteiger charge is 2.16. The zero-order valence-electron chi connectivity index (χ0n) is 12.1. The quantitative estimate of drug-likeness (QED) is 0.917. The van der Waals surface area contributed by atoms with Crippen LogP contribution in [0.5, 0.6) is 5.75 Å². The van der Waals surface area contributed by atoms with Crippen LogP contribution in [0.2, 0.25) is 0 Å². The monoisotopic (exact) mass is 273 g/mol. The molecule has 0 aromatic heterocycles. The number of hydrogen-bond donors (Lipinski definition) is 1. The van der Waals surface area contributed by atoms with Gasteiger partial charge in [0.25, 0.3) is 0 Å². The van der Waals surface area contributed by atoms with Crippen molar-refractivity contribution in [2.24, 2.45) is 5.73 Å². The fourth-order valence-corrected chi connectivity index (χ4v) is 2.36. The van der Waals surface area contributed by atoms with Crippen LogP contribution in [0, 0.1) is 19.7 Å². The van der Waals surface area contributed by atoms with Gasteiger partial charge >= 0.3 is 0 Å². The van der Waals surface area contributed by atoms with Crippen molar-refractivity contribution in [3.63, 3.8) is 0 Å². The topological polar surface area (TPSA) is 35.2 Å². The van der Waals surface area contributed by atoms with Crippen LogP contribution in [0.25, 0.3) is 0 Å². The minimum absolute atomic E-state index is 0.168. The first-order valence-electron chi connectivity index (χ1n) is 6.78. The zero-order chi connectivity index (χ0) is 14.7. The molecule has 0 bridgehead atoms. The van der Waals surface area contributed by atoms with Crippen molar-refractivity contribution in [1.82, 2.24) is 0 Å². The van der Waals surface area contributed by atoms with Gasteiger partial charge in [0.05, 0.1) is 12.6 Å². The number of benzene rings is 2. The molecule has 0 aliphatic carbocycles. The van der Waals surface area contributed by atoms with E-state index in [2.05, 4.69) is 0 Å². The SMILES string of the molecule is CCOc1ccccc1C(N)c1cc(C)c(F)c(C)c1. The van der Waals surface area contributed by atoms with E-state index in [0.29, 0.717) is 17.7 Å². The molecule has 0 radical (unpaired) electrons. The maximum atomic E-state index is 13.7. The lowest BCUT2D eigenvalue weighted by atomic mass is 9.95. The number of halogens is 1. The van der Waals surface area contributed by atoms with Crippen LogP contribution in [-0.2, 0) is 0 Å². The Kier molecular flexibility index (Phi) is 4.40. The van der Waals surface area contributed by atoms with E-state index in [0.717, 1.165) is 16.9 Å². The molecule has 2 aromatic rings. The molecule has 2 aromatic carbocycles. The highest BCUT2D eigenvalue weighted by Crippen LogP contribution is 2.30. The van der Waals surface area contributed by atoms with Gasteiger partial charge in [0.15, 0.2) is 0 Å². The van der Waals surface area contributed by atoms with Crippen molar-refractivity contribution in [3.05, 3.63) is 64.5 Å². The van der Waals surface area contributed by atoms with Gasteiger partial charge in [-0.05, 0) is 43.5 Å². The summed E-state index contributed by atoms with van der Waals surface area (Å²) >= 11 is 0. The van der Waals surface area contributed by atoms with Gasteiger partial charge in [-0.2, -0.15) is 0 Å². The van der Waals surface area contributed by atoms with Gasteiger partial charge in [0.1, 0.15) is 11.6 Å². The molecule has 2 nitrogen and oxygen atoms in total. The number of ether oxygens (including phenoxy) is 1. The minimum atomic E-state index is -0.323. The Morgan fingerprint density at radius 3 is 2.35 bits per heavy atom. The van der Waals surface area contributed by atoms with E-state index >= 15 is 0 Å². The molecule has 3 heteroatoms. The summed E-state index contributed by atoms with van der Waals surface area (Å²) in [5.74, 6) is 0.612. The fourth-order valence-electron chi connectivity index (χ4n) is 2.36. The Morgan fingerprint density at radius 2 is 1.75 bits per heavy atom. The lowest BCUT2D eigenvalue weighted by molar-refractivity contribution is 0.335. The second-order valence-corrected chi connectivity index (χ2v) is 4.92. The number of nitrogens with two attached hydrogens (primary N) is 1. The second kappa shape index (κ2) is 6.06. The van der Waals surface area contributed by atoms with Gasteiger partial charge in [-0.15, -0.1) is 0 Å². The molecule has 0 amide bonds. The van der Waals surface area contributed by atoms with E-state index in [1.54, 1.807) is 26.0 Å². The van der Waals surface area contributed by atoms with Crippen LogP contribution >= 0.6 is 0 Å². The number of para-hydroxylation sites is 1. The second-order valence-electron chi connectivity index (χ2n) is 4.92. The molecular formula is C17H20FNO. The van der Waals surface area contributed by atoms with Crippen LogP contribution in [0.3, 0.4) is 0 Å². The maximum absolute atomic E-state index is 13.7. The van der Waals surface area contributed by atoms with Gasteiger partial charge in [0, 0.05) is 5.56 Å². The summed E-state index contributed by atoms with van der Waals surface area (Å²) in [6.07, 6.45) is 0. The molecule has 2 N–H and O–H groups in total. The number of aryl methyl sites for hydroxylation is 2. The summed E-state index contributed by atoms with van der Waals surface area (Å²) in [6, 6.07) is 11.0. The third kappa shape index (κ3) is 2.83. The van der Waals surface area contributed by atoms with E-state index in [9.17, 15) is 4.39 Å². The largest absolute Gasteiger partial charge is 0.494 e. The summed E-state index contributed by atoms with van der Waals surface area (Å²) in [7, 11) is 0. The predicted octanol–water partition coefficient (Wildman–Crippen LogP) is 3.89. The van der Waals surface area contributed by atoms with E-state index in [1.807, 2.05) is 31.2 Å². The standard InChI is InChI=1S/C17H20FNO/c1-4-20-15-8-6-5-7-14(15)17(19)13-9-11(2)16(18)12(3)10-13/h5-10,17H,4,19H2,1-3H3. The molecule has 0 aliphatic rings. The molecule has 0 aliphatic heterocycles. The van der Waals surface area contributed by atoms with Gasteiger partial charge < -0.3 is 10.5 Å². The third-order valence-corrected chi connectivity index (χ3v) is 3.37. The van der Waals surface area contributed by atoms with E-state index in [1.165, 1.54) is 0 Å². The Balaban J connectivity index is 2.43. The summed E-state index contributed by atoms with van der Waals surface area (Å²) in [6.45, 7) is 6.04. The minimum Gasteiger partial charge on any atom is -0.494 e. The van der Waals surface area contributed by atoms with Crippen LogP contribution in [0.1, 0.15) is 35.2 Å². The van der Waals surface area contributed by atoms with Crippen molar-refractivity contribution in [1.29, 1.82) is 0 Å². The first-order valence-corrected chi connectivity index (χ1v) is 6.78. The first kappa shape index (κ1) is 14.5. The summed E-state index contributed by atoms with van der Waals surface area (Å²) in [5, 5.41) is 0. The molecular weight excluding hydrogens is 253 g/mol. The summed E-state index contributed by atoms with van der Waals surface area (Å²) < 4.78 is 19.3. The lowest BCUT2D eigenvalue weighted by Gasteiger charge is -2.18. The van der Waals surface area contributed by atoms with Gasteiger partial charge in [-0.3, -0.25) is 0 Å². The molecule has 0 saturated carbocycles. The van der Waals surface area contributed by atoms with Crippen LogP contribution in [0.15, 0.2) is 36.4 Å². The maximum Gasteiger partial charge on any atom is 0.129 e. The van der Waals surface area contributed by atoms with Gasteiger partial charge in [-0.25, -0.2) is 4.39 Å². The first-order chi connectivity index (χ1) is 9.54. The molecule has 0 heterocycles. The van der Waals surface area contributed by atoms with E-state index in [-0.39, 0.29) is 11.9 Å². The molecule has 106 valence electrons. The average molecular weight is 273 g/mol. The van der Waals surface area contributed by atoms with Crippen LogP contribution in [0.4, 0.5) is 4.39 Å². The Labute approximate surface area is 119 Å². The van der Waals surface area contributed by atoms with Crippen LogP contribution in [-0.4, -0.2) is 6.61 Å². The molecule has 20 heavy (non-hydrogen) atoms. The van der Waals surface area contributed by atoms with Gasteiger partial charge in [-0.1, -0.05) is 30.3 Å². The highest BCUT2D eigenvalue weighted by atomic mass is 19.1. The smallest absolute Gasteiger partial charge is 0.129 e. The summed E-state index contributed by atoms with van der Waals surface area (Å²) in [5.41, 5.74) is 9.38. The van der Waals surface area contributed by atoms with Crippen molar-refractivity contribution in [2.75, 3.05) is 6.61 Å². The molecule has 2 rings (SSSR count). The van der Waals surface area contributed by atoms with Crippen LogP contribution < -0.4 is 10.5 Å². The van der Waals surface area contributed by atoms with E-state index < -0.39 is 0 Å². The number of rotatable bonds is 4. The van der Waals surface area contributed by atoms with Crippen molar-refractivity contribution in [3.8, 4) is 5.75 Å².